The van der Waals surface area contributed by atoms with E-state index in [4.69, 9.17) is 5.73 Å². The lowest BCUT2D eigenvalue weighted by atomic mass is 10.1. The maximum Gasteiger partial charge on any atom is 0.251 e. The first-order valence-corrected chi connectivity index (χ1v) is 8.27. The van der Waals surface area contributed by atoms with E-state index in [9.17, 15) is 14.0 Å². The van der Waals surface area contributed by atoms with Crippen LogP contribution in [0.4, 0.5) is 10.3 Å². The van der Waals surface area contributed by atoms with E-state index in [1.54, 1.807) is 13.1 Å². The number of nitrogens with zero attached hydrogens (tertiary/aromatic N) is 3. The van der Waals surface area contributed by atoms with E-state index >= 15 is 0 Å². The molecule has 2 rings (SSSR count). The predicted molar refractivity (Wildman–Crippen MR) is 97.6 cm³/mol. The molecule has 1 aliphatic rings. The zero-order chi connectivity index (χ0) is 19.1. The van der Waals surface area contributed by atoms with Crippen LogP contribution in [0, 0.1) is 6.92 Å². The fraction of sp³-hybridized carbons (Fsp3) is 0.333. The summed E-state index contributed by atoms with van der Waals surface area (Å²) in [5, 5.41) is 3.07. The molecule has 0 aromatic carbocycles. The second kappa shape index (κ2) is 8.89. The highest BCUT2D eigenvalue weighted by atomic mass is 19.1. The first-order valence-electron chi connectivity index (χ1n) is 8.27. The monoisotopic (exact) mass is 359 g/mol. The lowest BCUT2D eigenvalue weighted by molar-refractivity contribution is -0.127. The number of nitrogens with one attached hydrogen (secondary N) is 1. The largest absolute Gasteiger partial charge is 0.366 e. The summed E-state index contributed by atoms with van der Waals surface area (Å²) >= 11 is 0. The standard InChI is InChI=1S/C18H22FN5O2/c1-3-15(19)14(17(20)26)7-6-13-11-22-18(23-12(13)2)21-8-10-24-9-4-5-16(24)25/h3,6-7,11H,1,4-5,8-10H2,2H3,(H2,20,26)(H,21,22,23)/b7-6+,15-14-. The fourth-order valence-electron chi connectivity index (χ4n) is 2.53. The second-order valence-corrected chi connectivity index (χ2v) is 5.81. The van der Waals surface area contributed by atoms with E-state index in [-0.39, 0.29) is 11.5 Å². The highest BCUT2D eigenvalue weighted by Gasteiger charge is 2.19. The molecule has 0 spiro atoms. The average molecular weight is 359 g/mol. The predicted octanol–water partition coefficient (Wildman–Crippen LogP) is 1.73. The Morgan fingerprint density at radius 2 is 2.31 bits per heavy atom. The van der Waals surface area contributed by atoms with Gasteiger partial charge in [-0.05, 0) is 25.5 Å². The van der Waals surface area contributed by atoms with Gasteiger partial charge in [0, 0.05) is 37.8 Å². The lowest BCUT2D eigenvalue weighted by Crippen LogP contribution is -2.30. The van der Waals surface area contributed by atoms with Crippen molar-refractivity contribution in [3.63, 3.8) is 0 Å². The Morgan fingerprint density at radius 1 is 1.54 bits per heavy atom. The summed E-state index contributed by atoms with van der Waals surface area (Å²) < 4.78 is 13.5. The van der Waals surface area contributed by atoms with Gasteiger partial charge in [0.25, 0.3) is 5.91 Å². The Kier molecular flexibility index (Phi) is 6.60. The first-order chi connectivity index (χ1) is 12.4. The number of aromatic nitrogens is 2. The number of carbonyl (C=O) groups is 2. The van der Waals surface area contributed by atoms with Gasteiger partial charge in [0.2, 0.25) is 11.9 Å². The summed E-state index contributed by atoms with van der Waals surface area (Å²) in [5.41, 5.74) is 6.16. The van der Waals surface area contributed by atoms with Crippen LogP contribution in [0.1, 0.15) is 24.1 Å². The van der Waals surface area contributed by atoms with E-state index in [1.165, 1.54) is 12.2 Å². The van der Waals surface area contributed by atoms with Crippen molar-refractivity contribution in [3.05, 3.63) is 47.6 Å². The molecule has 0 atom stereocenters. The number of amides is 2. The SMILES string of the molecule is C=C/C(F)=C(\C=C\c1cnc(NCCN2CCCC2=O)nc1C)C(N)=O. The van der Waals surface area contributed by atoms with Crippen molar-refractivity contribution < 1.29 is 14.0 Å². The molecule has 3 N–H and O–H groups in total. The molecule has 8 heteroatoms. The van der Waals surface area contributed by atoms with Gasteiger partial charge >= 0.3 is 0 Å². The quantitative estimate of drug-likeness (QED) is 0.544. The number of nitrogens with two attached hydrogens (primary N) is 1. The van der Waals surface area contributed by atoms with Crippen molar-refractivity contribution in [1.82, 2.24) is 14.9 Å². The molecule has 1 aliphatic heterocycles. The van der Waals surface area contributed by atoms with Gasteiger partial charge in [-0.3, -0.25) is 9.59 Å². The molecular formula is C18H22FN5O2. The molecule has 0 bridgehead atoms. The van der Waals surface area contributed by atoms with E-state index < -0.39 is 11.7 Å². The molecule has 0 saturated carbocycles. The highest BCUT2D eigenvalue weighted by Crippen LogP contribution is 2.14. The second-order valence-electron chi connectivity index (χ2n) is 5.81. The van der Waals surface area contributed by atoms with E-state index in [0.29, 0.717) is 36.7 Å². The minimum atomic E-state index is -0.882. The average Bonchev–Trinajstić information content (AvgIpc) is 3.01. The van der Waals surface area contributed by atoms with Crippen LogP contribution in [-0.2, 0) is 9.59 Å². The van der Waals surface area contributed by atoms with Gasteiger partial charge in [0.15, 0.2) is 0 Å². The van der Waals surface area contributed by atoms with Gasteiger partial charge in [-0.25, -0.2) is 14.4 Å². The first kappa shape index (κ1) is 19.3. The number of anilines is 1. The number of hydrogen-bond acceptors (Lipinski definition) is 5. The van der Waals surface area contributed by atoms with Crippen LogP contribution in [-0.4, -0.2) is 46.3 Å². The zero-order valence-corrected chi connectivity index (χ0v) is 14.7. The van der Waals surface area contributed by atoms with E-state index in [1.807, 2.05) is 4.90 Å². The normalized spacial score (nSPS) is 15.3. The van der Waals surface area contributed by atoms with Crippen LogP contribution in [0.25, 0.3) is 6.08 Å². The third-order valence-electron chi connectivity index (χ3n) is 3.99. The number of allylic oxidation sites excluding steroid dienone is 2. The summed E-state index contributed by atoms with van der Waals surface area (Å²) in [6.07, 6.45) is 6.80. The van der Waals surface area contributed by atoms with Crippen LogP contribution < -0.4 is 11.1 Å². The Hall–Kier alpha value is -3.03. The Bertz CT molecular complexity index is 773. The summed E-state index contributed by atoms with van der Waals surface area (Å²) in [4.78, 5) is 33.1. The van der Waals surface area contributed by atoms with Gasteiger partial charge in [-0.15, -0.1) is 0 Å². The maximum atomic E-state index is 13.5. The number of hydrogen-bond donors (Lipinski definition) is 2. The number of likely N-dealkylation sites (tertiary alicyclic amines) is 1. The molecule has 1 aromatic rings. The van der Waals surface area contributed by atoms with Crippen molar-refractivity contribution in [2.45, 2.75) is 19.8 Å². The van der Waals surface area contributed by atoms with Crippen molar-refractivity contribution >= 4 is 23.8 Å². The molecule has 2 amide bonds. The van der Waals surface area contributed by atoms with Crippen LogP contribution in [0.5, 0.6) is 0 Å². The minimum absolute atomic E-state index is 0.175. The number of aryl methyl sites for hydroxylation is 1. The number of primary amides is 1. The smallest absolute Gasteiger partial charge is 0.251 e. The third kappa shape index (κ3) is 4.98. The number of carbonyl (C=O) groups excluding carboxylic acids is 2. The summed E-state index contributed by atoms with van der Waals surface area (Å²) in [6, 6.07) is 0. The van der Waals surface area contributed by atoms with Crippen LogP contribution in [0.15, 0.2) is 36.3 Å². The minimum Gasteiger partial charge on any atom is -0.366 e. The summed E-state index contributed by atoms with van der Waals surface area (Å²) in [5.74, 6) is -1.06. The molecule has 1 fully saturated rings. The summed E-state index contributed by atoms with van der Waals surface area (Å²) in [7, 11) is 0. The van der Waals surface area contributed by atoms with Gasteiger partial charge in [-0.2, -0.15) is 0 Å². The molecule has 1 aromatic heterocycles. The topological polar surface area (TPSA) is 101 Å². The van der Waals surface area contributed by atoms with Crippen molar-refractivity contribution in [2.24, 2.45) is 5.73 Å². The molecule has 138 valence electrons. The van der Waals surface area contributed by atoms with Gasteiger partial charge in [-0.1, -0.05) is 12.7 Å². The Labute approximate surface area is 151 Å². The molecule has 7 nitrogen and oxygen atoms in total. The highest BCUT2D eigenvalue weighted by molar-refractivity contribution is 5.96. The Morgan fingerprint density at radius 3 is 2.88 bits per heavy atom. The molecule has 2 heterocycles. The number of rotatable bonds is 8. The maximum absolute atomic E-state index is 13.5. The van der Waals surface area contributed by atoms with Crippen LogP contribution in [0.3, 0.4) is 0 Å². The van der Waals surface area contributed by atoms with Crippen molar-refractivity contribution in [2.75, 3.05) is 25.0 Å². The van der Waals surface area contributed by atoms with Crippen molar-refractivity contribution in [3.8, 4) is 0 Å². The Balaban J connectivity index is 2.00. The molecule has 26 heavy (non-hydrogen) atoms. The fourth-order valence-corrected chi connectivity index (χ4v) is 2.53. The van der Waals surface area contributed by atoms with E-state index in [0.717, 1.165) is 19.0 Å². The zero-order valence-electron chi connectivity index (χ0n) is 14.7. The third-order valence-corrected chi connectivity index (χ3v) is 3.99. The number of halogens is 1. The molecule has 0 unspecified atom stereocenters. The lowest BCUT2D eigenvalue weighted by Gasteiger charge is -2.15. The van der Waals surface area contributed by atoms with Gasteiger partial charge in [0.1, 0.15) is 5.83 Å². The molecular weight excluding hydrogens is 337 g/mol. The molecule has 1 saturated heterocycles. The van der Waals surface area contributed by atoms with Crippen LogP contribution >= 0.6 is 0 Å². The van der Waals surface area contributed by atoms with Gasteiger partial charge in [0.05, 0.1) is 11.3 Å². The van der Waals surface area contributed by atoms with Crippen LogP contribution in [0.2, 0.25) is 0 Å². The van der Waals surface area contributed by atoms with E-state index in [2.05, 4.69) is 21.9 Å². The molecule has 0 aliphatic carbocycles. The summed E-state index contributed by atoms with van der Waals surface area (Å²) in [6.45, 7) is 7.01. The molecule has 0 radical (unpaired) electrons. The van der Waals surface area contributed by atoms with Crippen molar-refractivity contribution in [1.29, 1.82) is 0 Å². The van der Waals surface area contributed by atoms with Gasteiger partial charge < -0.3 is 16.0 Å².